The zero-order valence-electron chi connectivity index (χ0n) is 12.4. The smallest absolute Gasteiger partial charge is 0.211 e. The van der Waals surface area contributed by atoms with Gasteiger partial charge in [0.2, 0.25) is 10.9 Å². The molecule has 0 aliphatic carbocycles. The van der Waals surface area contributed by atoms with Crippen LogP contribution in [-0.2, 0) is 0 Å². The van der Waals surface area contributed by atoms with Crippen LogP contribution in [0.3, 0.4) is 0 Å². The molecule has 4 nitrogen and oxygen atoms in total. The highest BCUT2D eigenvalue weighted by Gasteiger charge is 2.13. The fourth-order valence-electron chi connectivity index (χ4n) is 2.07. The molecule has 0 spiro atoms. The topological polar surface area (TPSA) is 45.6 Å². The monoisotopic (exact) mass is 309 g/mol. The highest BCUT2D eigenvalue weighted by Crippen LogP contribution is 2.24. The summed E-state index contributed by atoms with van der Waals surface area (Å²) >= 11 is 1.30. The van der Waals surface area contributed by atoms with E-state index < -0.39 is 0 Å². The number of aliphatic imine (C=N–C) groups is 1. The predicted molar refractivity (Wildman–Crippen MR) is 91.3 cm³/mol. The van der Waals surface area contributed by atoms with Crippen LogP contribution in [0.2, 0.25) is 0 Å². The van der Waals surface area contributed by atoms with E-state index in [0.717, 1.165) is 10.8 Å². The molecule has 0 saturated heterocycles. The van der Waals surface area contributed by atoms with E-state index in [9.17, 15) is 4.79 Å². The molecule has 0 unspecified atom stereocenters. The van der Waals surface area contributed by atoms with Crippen molar-refractivity contribution in [2.24, 2.45) is 4.99 Å². The zero-order valence-corrected chi connectivity index (χ0v) is 13.2. The van der Waals surface area contributed by atoms with Gasteiger partial charge in [-0.2, -0.15) is 0 Å². The molecule has 3 aromatic rings. The average Bonchev–Trinajstić information content (AvgIpc) is 3.00. The molecule has 0 fully saturated rings. The van der Waals surface area contributed by atoms with Crippen molar-refractivity contribution in [2.45, 2.75) is 0 Å². The summed E-state index contributed by atoms with van der Waals surface area (Å²) in [6.45, 7) is 0. The summed E-state index contributed by atoms with van der Waals surface area (Å²) in [5.74, 6) is -0.0189. The largest absolute Gasteiger partial charge is 0.369 e. The Kier molecular flexibility index (Phi) is 3.98. The van der Waals surface area contributed by atoms with Gasteiger partial charge in [-0.3, -0.25) is 4.79 Å². The summed E-state index contributed by atoms with van der Waals surface area (Å²) in [6, 6.07) is 13.7. The lowest BCUT2D eigenvalue weighted by Crippen LogP contribution is -2.06. The van der Waals surface area contributed by atoms with Gasteiger partial charge < -0.3 is 4.90 Å². The minimum atomic E-state index is -0.0189. The molecule has 0 amide bonds. The molecule has 0 aliphatic heterocycles. The Morgan fingerprint density at radius 3 is 2.73 bits per heavy atom. The van der Waals surface area contributed by atoms with Crippen molar-refractivity contribution < 1.29 is 4.79 Å². The van der Waals surface area contributed by atoms with Crippen molar-refractivity contribution in [3.63, 3.8) is 0 Å². The highest BCUT2D eigenvalue weighted by atomic mass is 32.1. The lowest BCUT2D eigenvalue weighted by Gasteiger charge is -2.01. The number of thiazole rings is 1. The van der Waals surface area contributed by atoms with E-state index >= 15 is 0 Å². The predicted octanol–water partition coefficient (Wildman–Crippen LogP) is 3.75. The summed E-state index contributed by atoms with van der Waals surface area (Å²) in [6.07, 6.45) is 3.26. The number of carbonyl (C=O) groups excluding carboxylic acids is 1. The van der Waals surface area contributed by atoms with Gasteiger partial charge in [-0.15, -0.1) is 0 Å². The Morgan fingerprint density at radius 1 is 1.18 bits per heavy atom. The van der Waals surface area contributed by atoms with E-state index in [1.807, 2.05) is 61.5 Å². The van der Waals surface area contributed by atoms with E-state index in [4.69, 9.17) is 0 Å². The molecule has 2 aromatic carbocycles. The van der Waals surface area contributed by atoms with Gasteiger partial charge >= 0.3 is 0 Å². The molecular formula is C17H15N3OS. The third-order valence-corrected chi connectivity index (χ3v) is 4.03. The number of hydrogen-bond acceptors (Lipinski definition) is 4. The van der Waals surface area contributed by atoms with Gasteiger partial charge in [0.05, 0.1) is 17.4 Å². The van der Waals surface area contributed by atoms with Gasteiger partial charge in [0.1, 0.15) is 0 Å². The molecule has 0 saturated carbocycles. The molecule has 1 aromatic heterocycles. The molecule has 0 N–H and O–H groups in total. The van der Waals surface area contributed by atoms with Gasteiger partial charge in [0.15, 0.2) is 0 Å². The number of ketones is 1. The number of hydrogen-bond donors (Lipinski definition) is 0. The summed E-state index contributed by atoms with van der Waals surface area (Å²) < 4.78 is 0. The van der Waals surface area contributed by atoms with E-state index in [1.165, 1.54) is 11.3 Å². The number of carbonyl (C=O) groups is 1. The third-order valence-electron chi connectivity index (χ3n) is 3.13. The summed E-state index contributed by atoms with van der Waals surface area (Å²) in [7, 11) is 3.77. The molecule has 0 bridgehead atoms. The lowest BCUT2D eigenvalue weighted by atomic mass is 10.0. The maximum absolute atomic E-state index is 12.5. The lowest BCUT2D eigenvalue weighted by molar-refractivity contribution is 0.104. The number of fused-ring (bicyclic) bond motifs is 1. The second-order valence-electron chi connectivity index (χ2n) is 5.11. The van der Waals surface area contributed by atoms with E-state index in [-0.39, 0.29) is 5.78 Å². The van der Waals surface area contributed by atoms with Gasteiger partial charge in [0.25, 0.3) is 0 Å². The Morgan fingerprint density at radius 2 is 1.95 bits per heavy atom. The zero-order chi connectivity index (χ0) is 15.5. The number of benzene rings is 2. The fourth-order valence-corrected chi connectivity index (χ4v) is 2.79. The van der Waals surface area contributed by atoms with Crippen LogP contribution < -0.4 is 0 Å². The van der Waals surface area contributed by atoms with Gasteiger partial charge in [-0.1, -0.05) is 47.7 Å². The summed E-state index contributed by atoms with van der Waals surface area (Å²) in [5.41, 5.74) is 0.672. The minimum Gasteiger partial charge on any atom is -0.369 e. The van der Waals surface area contributed by atoms with E-state index in [0.29, 0.717) is 15.6 Å². The van der Waals surface area contributed by atoms with E-state index in [1.54, 1.807) is 12.5 Å². The Bertz CT molecular complexity index is 852. The molecule has 3 rings (SSSR count). The van der Waals surface area contributed by atoms with Crippen LogP contribution in [0.25, 0.3) is 10.8 Å². The third kappa shape index (κ3) is 3.04. The van der Waals surface area contributed by atoms with Gasteiger partial charge in [-0.25, -0.2) is 9.98 Å². The van der Waals surface area contributed by atoms with Gasteiger partial charge in [-0.05, 0) is 16.8 Å². The van der Waals surface area contributed by atoms with Crippen molar-refractivity contribution >= 4 is 39.4 Å². The maximum atomic E-state index is 12.5. The molecule has 5 heteroatoms. The SMILES string of the molecule is CN(C)C=Nc1ncc(C(=O)c2ccc3ccccc3c2)s1. The van der Waals surface area contributed by atoms with Crippen LogP contribution >= 0.6 is 11.3 Å². The van der Waals surface area contributed by atoms with Gasteiger partial charge in [0, 0.05) is 19.7 Å². The van der Waals surface area contributed by atoms with Crippen LogP contribution in [0.5, 0.6) is 0 Å². The minimum absolute atomic E-state index is 0.0189. The standard InChI is InChI=1S/C17H15N3OS/c1-20(2)11-19-17-18-10-15(22-17)16(21)14-8-7-12-5-3-4-6-13(12)9-14/h3-11H,1-2H3. The Labute approximate surface area is 132 Å². The summed E-state index contributed by atoms with van der Waals surface area (Å²) in [4.78, 5) is 23.4. The van der Waals surface area contributed by atoms with Crippen LogP contribution in [0.15, 0.2) is 53.7 Å². The van der Waals surface area contributed by atoms with Crippen LogP contribution in [0.1, 0.15) is 15.2 Å². The Balaban J connectivity index is 1.89. The summed E-state index contributed by atoms with van der Waals surface area (Å²) in [5, 5.41) is 2.76. The van der Waals surface area contributed by atoms with Crippen LogP contribution in [0, 0.1) is 0 Å². The van der Waals surface area contributed by atoms with Crippen molar-refractivity contribution in [1.82, 2.24) is 9.88 Å². The molecular weight excluding hydrogens is 294 g/mol. The normalized spacial score (nSPS) is 11.2. The molecule has 110 valence electrons. The second kappa shape index (κ2) is 6.07. The maximum Gasteiger partial charge on any atom is 0.211 e. The van der Waals surface area contributed by atoms with Crippen molar-refractivity contribution in [1.29, 1.82) is 0 Å². The highest BCUT2D eigenvalue weighted by molar-refractivity contribution is 7.17. The average molecular weight is 309 g/mol. The van der Waals surface area contributed by atoms with Crippen LogP contribution in [-0.4, -0.2) is 36.1 Å². The van der Waals surface area contributed by atoms with Crippen molar-refractivity contribution in [3.05, 3.63) is 59.1 Å². The fraction of sp³-hybridized carbons (Fsp3) is 0.118. The molecule has 22 heavy (non-hydrogen) atoms. The van der Waals surface area contributed by atoms with Crippen LogP contribution in [0.4, 0.5) is 5.13 Å². The first kappa shape index (κ1) is 14.4. The Hall–Kier alpha value is -2.53. The first-order valence-corrected chi connectivity index (χ1v) is 7.65. The number of rotatable bonds is 4. The molecule has 0 atom stereocenters. The van der Waals surface area contributed by atoms with E-state index in [2.05, 4.69) is 9.98 Å². The van der Waals surface area contributed by atoms with Crippen molar-refractivity contribution in [2.75, 3.05) is 14.1 Å². The number of nitrogens with zero attached hydrogens (tertiary/aromatic N) is 3. The second-order valence-corrected chi connectivity index (χ2v) is 6.12. The molecule has 0 radical (unpaired) electrons. The van der Waals surface area contributed by atoms with Crippen molar-refractivity contribution in [3.8, 4) is 0 Å². The first-order valence-electron chi connectivity index (χ1n) is 6.83. The number of aromatic nitrogens is 1. The quantitative estimate of drug-likeness (QED) is 0.419. The first-order chi connectivity index (χ1) is 10.6. The molecule has 0 aliphatic rings. The molecule has 1 heterocycles.